The van der Waals surface area contributed by atoms with E-state index in [0.29, 0.717) is 5.39 Å². The second-order valence-electron chi connectivity index (χ2n) is 7.66. The Morgan fingerprint density at radius 3 is 2.38 bits per heavy atom. The topological polar surface area (TPSA) is 134 Å². The van der Waals surface area contributed by atoms with Crippen molar-refractivity contribution < 1.29 is 19.4 Å². The number of aromatic nitrogens is 2. The molecule has 0 saturated carbocycles. The Kier molecular flexibility index (Phi) is 6.01. The maximum atomic E-state index is 12.8. The van der Waals surface area contributed by atoms with E-state index in [1.807, 2.05) is 6.07 Å². The predicted molar refractivity (Wildman–Crippen MR) is 126 cm³/mol. The van der Waals surface area contributed by atoms with Gasteiger partial charge in [-0.25, -0.2) is 9.59 Å². The molecular weight excluding hydrogens is 438 g/mol. The molecule has 4 rings (SSSR count). The molecule has 4 aromatic rings. The average molecular weight is 459 g/mol. The Morgan fingerprint density at radius 2 is 1.65 bits per heavy atom. The highest BCUT2D eigenvalue weighted by Gasteiger charge is 2.24. The summed E-state index contributed by atoms with van der Waals surface area (Å²) in [5.41, 5.74) is 4.66. The molecule has 0 aliphatic heterocycles. The van der Waals surface area contributed by atoms with E-state index in [1.54, 1.807) is 54.6 Å². The zero-order valence-electron chi connectivity index (χ0n) is 18.2. The number of benzene rings is 3. The monoisotopic (exact) mass is 459 g/mol. The fourth-order valence-corrected chi connectivity index (χ4v) is 3.66. The lowest BCUT2D eigenvalue weighted by Crippen LogP contribution is -2.43. The third kappa shape index (κ3) is 4.06. The van der Waals surface area contributed by atoms with E-state index in [1.165, 1.54) is 13.1 Å². The number of nitrogens with two attached hydrogens (primary N) is 1. The molecule has 0 radical (unpaired) electrons. The summed E-state index contributed by atoms with van der Waals surface area (Å²) < 4.78 is 6.97. The molecule has 172 valence electrons. The van der Waals surface area contributed by atoms with Gasteiger partial charge < -0.3 is 15.6 Å². The molecule has 34 heavy (non-hydrogen) atoms. The number of fused-ring (bicyclic) bond motifs is 1. The smallest absolute Gasteiger partial charge is 0.342 e. The Morgan fingerprint density at radius 1 is 0.971 bits per heavy atom. The predicted octanol–water partition coefficient (Wildman–Crippen LogP) is 2.08. The van der Waals surface area contributed by atoms with E-state index >= 15 is 0 Å². The van der Waals surface area contributed by atoms with Crippen LogP contribution in [0.15, 0.2) is 76.3 Å². The molecule has 0 atom stereocenters. The van der Waals surface area contributed by atoms with E-state index < -0.39 is 35.2 Å². The maximum absolute atomic E-state index is 12.8. The fraction of sp³-hybridized carbons (Fsp3) is 0.120. The summed E-state index contributed by atoms with van der Waals surface area (Å²) >= 11 is 0. The molecule has 0 spiro atoms. The van der Waals surface area contributed by atoms with Crippen LogP contribution in [0.1, 0.15) is 26.3 Å². The van der Waals surface area contributed by atoms with Gasteiger partial charge in [-0.3, -0.25) is 18.7 Å². The standard InChI is InChI=1S/C25H21N3O6/c1-27-23(31)20(22(26)28(25(27)33)13-15-7-3-2-4-8-15)19(29)14-34-24(32)18-12-11-16-9-5-6-10-17(16)21(18)30/h2-12,30H,13-14,26H2,1H3. The van der Waals surface area contributed by atoms with Crippen molar-refractivity contribution in [3.05, 3.63) is 104 Å². The van der Waals surface area contributed by atoms with Gasteiger partial charge >= 0.3 is 11.7 Å². The number of carbonyl (C=O) groups is 2. The summed E-state index contributed by atoms with van der Waals surface area (Å²) in [4.78, 5) is 50.6. The lowest BCUT2D eigenvalue weighted by Gasteiger charge is -2.15. The highest BCUT2D eigenvalue weighted by atomic mass is 16.5. The second-order valence-corrected chi connectivity index (χ2v) is 7.66. The molecule has 3 N–H and O–H groups in total. The number of hydrogen-bond acceptors (Lipinski definition) is 7. The van der Waals surface area contributed by atoms with Gasteiger partial charge in [-0.1, -0.05) is 60.7 Å². The van der Waals surface area contributed by atoms with Crippen molar-refractivity contribution in [2.75, 3.05) is 12.3 Å². The highest BCUT2D eigenvalue weighted by molar-refractivity contribution is 6.04. The summed E-state index contributed by atoms with van der Waals surface area (Å²) in [6.07, 6.45) is 0. The summed E-state index contributed by atoms with van der Waals surface area (Å²) in [6.45, 7) is -0.751. The van der Waals surface area contributed by atoms with E-state index in [2.05, 4.69) is 0 Å². The number of ketones is 1. The Hall–Kier alpha value is -4.66. The molecule has 0 unspecified atom stereocenters. The van der Waals surface area contributed by atoms with Crippen LogP contribution in [-0.2, 0) is 18.3 Å². The summed E-state index contributed by atoms with van der Waals surface area (Å²) in [7, 11) is 1.24. The molecule has 1 aromatic heterocycles. The highest BCUT2D eigenvalue weighted by Crippen LogP contribution is 2.29. The van der Waals surface area contributed by atoms with E-state index in [-0.39, 0.29) is 23.7 Å². The first-order valence-corrected chi connectivity index (χ1v) is 10.3. The van der Waals surface area contributed by atoms with Gasteiger partial charge in [0.25, 0.3) is 5.56 Å². The van der Waals surface area contributed by atoms with Gasteiger partial charge in [0.15, 0.2) is 6.61 Å². The number of phenols is 1. The number of phenolic OH excluding ortho intramolecular Hbond substituents is 1. The first kappa shape index (κ1) is 22.5. The first-order valence-electron chi connectivity index (χ1n) is 10.3. The van der Waals surface area contributed by atoms with Crippen molar-refractivity contribution in [3.8, 4) is 5.75 Å². The molecule has 9 heteroatoms. The minimum atomic E-state index is -0.940. The molecule has 3 aromatic carbocycles. The van der Waals surface area contributed by atoms with E-state index in [0.717, 1.165) is 20.1 Å². The molecule has 0 fully saturated rings. The van der Waals surface area contributed by atoms with Crippen molar-refractivity contribution in [1.29, 1.82) is 0 Å². The first-order chi connectivity index (χ1) is 16.3. The number of ether oxygens (including phenoxy) is 1. The van der Waals surface area contributed by atoms with Crippen LogP contribution in [0.5, 0.6) is 5.75 Å². The minimum Gasteiger partial charge on any atom is -0.506 e. The van der Waals surface area contributed by atoms with Gasteiger partial charge in [0.05, 0.1) is 6.54 Å². The van der Waals surface area contributed by atoms with Gasteiger partial charge in [0.2, 0.25) is 5.78 Å². The van der Waals surface area contributed by atoms with Crippen molar-refractivity contribution >= 4 is 28.3 Å². The van der Waals surface area contributed by atoms with E-state index in [9.17, 15) is 24.3 Å². The van der Waals surface area contributed by atoms with Gasteiger partial charge in [0.1, 0.15) is 22.7 Å². The molecule has 9 nitrogen and oxygen atoms in total. The minimum absolute atomic E-state index is 0.0463. The fourth-order valence-electron chi connectivity index (χ4n) is 3.66. The van der Waals surface area contributed by atoms with Crippen LogP contribution in [0.25, 0.3) is 10.8 Å². The number of esters is 1. The summed E-state index contributed by atoms with van der Waals surface area (Å²) in [5.74, 6) is -2.40. The third-order valence-electron chi connectivity index (χ3n) is 5.50. The molecule has 0 amide bonds. The molecule has 0 aliphatic carbocycles. The number of carbonyl (C=O) groups excluding carboxylic acids is 2. The zero-order valence-corrected chi connectivity index (χ0v) is 18.2. The lowest BCUT2D eigenvalue weighted by atomic mass is 10.1. The van der Waals surface area contributed by atoms with Crippen molar-refractivity contribution in [2.24, 2.45) is 7.05 Å². The van der Waals surface area contributed by atoms with Crippen LogP contribution in [-0.4, -0.2) is 32.6 Å². The molecule has 0 bridgehead atoms. The quantitative estimate of drug-likeness (QED) is 0.333. The number of nitrogens with zero attached hydrogens (tertiary/aromatic N) is 2. The van der Waals surface area contributed by atoms with Crippen LogP contribution < -0.4 is 17.0 Å². The molecule has 1 heterocycles. The number of rotatable bonds is 6. The van der Waals surface area contributed by atoms with Crippen molar-refractivity contribution in [3.63, 3.8) is 0 Å². The number of aromatic hydroxyl groups is 1. The number of Topliss-reactive ketones (excluding diaryl/α,β-unsaturated/α-hetero) is 1. The number of hydrogen-bond donors (Lipinski definition) is 2. The summed E-state index contributed by atoms with van der Waals surface area (Å²) in [5, 5.41) is 11.6. The van der Waals surface area contributed by atoms with Gasteiger partial charge in [-0.15, -0.1) is 0 Å². The average Bonchev–Trinajstić information content (AvgIpc) is 2.85. The molecular formula is C25H21N3O6. The SMILES string of the molecule is Cn1c(=O)c(C(=O)COC(=O)c2ccc3ccccc3c2O)c(N)n(Cc2ccccc2)c1=O. The van der Waals surface area contributed by atoms with Crippen LogP contribution in [0.2, 0.25) is 0 Å². The molecule has 0 aliphatic rings. The summed E-state index contributed by atoms with van der Waals surface area (Å²) in [6, 6.07) is 18.9. The number of anilines is 1. The van der Waals surface area contributed by atoms with Crippen LogP contribution >= 0.6 is 0 Å². The third-order valence-corrected chi connectivity index (χ3v) is 5.50. The normalized spacial score (nSPS) is 10.9. The zero-order chi connectivity index (χ0) is 24.4. The van der Waals surface area contributed by atoms with Gasteiger partial charge in [0, 0.05) is 12.4 Å². The molecule has 0 saturated heterocycles. The van der Waals surface area contributed by atoms with Crippen LogP contribution in [0.3, 0.4) is 0 Å². The van der Waals surface area contributed by atoms with Crippen molar-refractivity contribution in [2.45, 2.75) is 6.54 Å². The lowest BCUT2D eigenvalue weighted by molar-refractivity contribution is 0.0471. The van der Waals surface area contributed by atoms with Gasteiger partial charge in [-0.05, 0) is 17.0 Å². The second kappa shape index (κ2) is 9.07. The Balaban J connectivity index is 1.61. The Bertz CT molecular complexity index is 1540. The largest absolute Gasteiger partial charge is 0.506 e. The van der Waals surface area contributed by atoms with E-state index in [4.69, 9.17) is 10.5 Å². The van der Waals surface area contributed by atoms with Crippen LogP contribution in [0, 0.1) is 0 Å². The maximum Gasteiger partial charge on any atom is 0.342 e. The Labute approximate surface area is 193 Å². The number of nitrogen functional groups attached to an aromatic ring is 1. The van der Waals surface area contributed by atoms with Gasteiger partial charge in [-0.2, -0.15) is 0 Å². The van der Waals surface area contributed by atoms with Crippen molar-refractivity contribution in [1.82, 2.24) is 9.13 Å². The van der Waals surface area contributed by atoms with Crippen LogP contribution in [0.4, 0.5) is 5.82 Å².